The van der Waals surface area contributed by atoms with Crippen LogP contribution in [0.1, 0.15) is 26.7 Å². The van der Waals surface area contributed by atoms with Gasteiger partial charge in [0.25, 0.3) is 0 Å². The zero-order valence-electron chi connectivity index (χ0n) is 10.6. The third-order valence-electron chi connectivity index (χ3n) is 3.11. The summed E-state index contributed by atoms with van der Waals surface area (Å²) < 4.78 is 22.7. The number of hydrogen-bond donors (Lipinski definition) is 1. The minimum Gasteiger partial charge on any atom is -0.340 e. The van der Waals surface area contributed by atoms with Gasteiger partial charge in [0.2, 0.25) is 5.91 Å². The molecule has 1 unspecified atom stereocenters. The Hall–Kier alpha value is -0.620. The molecule has 1 fully saturated rings. The summed E-state index contributed by atoms with van der Waals surface area (Å²) >= 11 is 0. The Bertz CT molecular complexity index is 354. The molecule has 0 spiro atoms. The number of sulfone groups is 1. The van der Waals surface area contributed by atoms with Crippen molar-refractivity contribution in [1.29, 1.82) is 0 Å². The Morgan fingerprint density at radius 3 is 2.71 bits per heavy atom. The molecule has 6 heteroatoms. The first-order chi connectivity index (χ1) is 8.00. The van der Waals surface area contributed by atoms with Crippen LogP contribution in [0.4, 0.5) is 0 Å². The van der Waals surface area contributed by atoms with Crippen molar-refractivity contribution in [3.63, 3.8) is 0 Å². The molecular weight excluding hydrogens is 240 g/mol. The monoisotopic (exact) mass is 262 g/mol. The molecule has 17 heavy (non-hydrogen) atoms. The molecule has 100 valence electrons. The van der Waals surface area contributed by atoms with Crippen molar-refractivity contribution in [1.82, 2.24) is 10.2 Å². The summed E-state index contributed by atoms with van der Waals surface area (Å²) in [6, 6.07) is -0.0912. The van der Waals surface area contributed by atoms with Gasteiger partial charge in [-0.2, -0.15) is 0 Å². The summed E-state index contributed by atoms with van der Waals surface area (Å²) in [5.74, 6) is 0.463. The Balaban J connectivity index is 2.39. The van der Waals surface area contributed by atoms with Crippen molar-refractivity contribution < 1.29 is 13.2 Å². The first-order valence-electron chi connectivity index (χ1n) is 6.22. The Labute approximate surface area is 103 Å². The second-order valence-electron chi connectivity index (χ2n) is 4.33. The molecule has 0 aromatic heterocycles. The topological polar surface area (TPSA) is 66.5 Å². The Morgan fingerprint density at radius 1 is 1.41 bits per heavy atom. The maximum absolute atomic E-state index is 11.9. The number of nitrogens with zero attached hydrogens (tertiary/aromatic N) is 1. The minimum absolute atomic E-state index is 0.0912. The summed E-state index contributed by atoms with van der Waals surface area (Å²) in [5, 5.41) is 3.16. The number of rotatable bonds is 6. The largest absolute Gasteiger partial charge is 0.340 e. The predicted molar refractivity (Wildman–Crippen MR) is 67.6 cm³/mol. The summed E-state index contributed by atoms with van der Waals surface area (Å²) in [6.45, 7) is 5.65. The number of carbonyl (C=O) groups is 1. The van der Waals surface area contributed by atoms with Crippen LogP contribution >= 0.6 is 0 Å². The molecule has 1 heterocycles. The second kappa shape index (κ2) is 6.35. The second-order valence-corrected chi connectivity index (χ2v) is 6.80. The number of nitrogens with one attached hydrogen (secondary N) is 1. The lowest BCUT2D eigenvalue weighted by molar-refractivity contribution is -0.135. The Kier molecular flexibility index (Phi) is 5.39. The Morgan fingerprint density at radius 2 is 2.12 bits per heavy atom. The standard InChI is InChI=1S/C11H22N2O3S/c1-3-10-11(14)13(8-6-12-10)7-5-9-17(15,16)4-2/h10,12H,3-9H2,1-2H3. The third kappa shape index (κ3) is 4.27. The van der Waals surface area contributed by atoms with E-state index < -0.39 is 9.84 Å². The van der Waals surface area contributed by atoms with Crippen LogP contribution in [0.15, 0.2) is 0 Å². The van der Waals surface area contributed by atoms with E-state index in [0.717, 1.165) is 13.0 Å². The van der Waals surface area contributed by atoms with Gasteiger partial charge in [-0.15, -0.1) is 0 Å². The number of hydrogen-bond acceptors (Lipinski definition) is 4. The zero-order chi connectivity index (χ0) is 12.9. The van der Waals surface area contributed by atoms with Gasteiger partial charge in [0, 0.05) is 25.4 Å². The number of amides is 1. The van der Waals surface area contributed by atoms with Crippen molar-refractivity contribution in [2.24, 2.45) is 0 Å². The van der Waals surface area contributed by atoms with Gasteiger partial charge in [0.15, 0.2) is 0 Å². The number of carbonyl (C=O) groups excluding carboxylic acids is 1. The quantitative estimate of drug-likeness (QED) is 0.733. The first-order valence-corrected chi connectivity index (χ1v) is 8.05. The lowest BCUT2D eigenvalue weighted by Gasteiger charge is -2.32. The van der Waals surface area contributed by atoms with Gasteiger partial charge in [-0.3, -0.25) is 4.79 Å². The fourth-order valence-corrected chi connectivity index (χ4v) is 2.81. The van der Waals surface area contributed by atoms with Crippen LogP contribution < -0.4 is 5.32 Å². The molecule has 1 N–H and O–H groups in total. The highest BCUT2D eigenvalue weighted by Crippen LogP contribution is 2.06. The van der Waals surface area contributed by atoms with Gasteiger partial charge in [0.05, 0.1) is 11.8 Å². The first kappa shape index (κ1) is 14.4. The smallest absolute Gasteiger partial charge is 0.239 e. The molecule has 1 aliphatic heterocycles. The summed E-state index contributed by atoms with van der Waals surface area (Å²) in [5.41, 5.74) is 0. The van der Waals surface area contributed by atoms with Crippen LogP contribution in [0.25, 0.3) is 0 Å². The number of piperazine rings is 1. The molecule has 5 nitrogen and oxygen atoms in total. The minimum atomic E-state index is -2.91. The molecule has 1 rings (SSSR count). The average molecular weight is 262 g/mol. The molecule has 0 saturated carbocycles. The van der Waals surface area contributed by atoms with Crippen LogP contribution in [0.2, 0.25) is 0 Å². The van der Waals surface area contributed by atoms with Gasteiger partial charge < -0.3 is 10.2 Å². The highest BCUT2D eigenvalue weighted by molar-refractivity contribution is 7.91. The van der Waals surface area contributed by atoms with Gasteiger partial charge >= 0.3 is 0 Å². The maximum atomic E-state index is 11.9. The van der Waals surface area contributed by atoms with Crippen LogP contribution in [0.3, 0.4) is 0 Å². The van der Waals surface area contributed by atoms with Crippen molar-refractivity contribution in [2.75, 3.05) is 31.1 Å². The molecule has 0 aliphatic carbocycles. The van der Waals surface area contributed by atoms with E-state index in [2.05, 4.69) is 5.32 Å². The summed E-state index contributed by atoms with van der Waals surface area (Å²) in [4.78, 5) is 13.7. The van der Waals surface area contributed by atoms with Crippen molar-refractivity contribution in [3.8, 4) is 0 Å². The summed E-state index contributed by atoms with van der Waals surface area (Å²) in [6.07, 6.45) is 1.32. The average Bonchev–Trinajstić information content (AvgIpc) is 2.31. The van der Waals surface area contributed by atoms with E-state index in [0.29, 0.717) is 19.5 Å². The zero-order valence-corrected chi connectivity index (χ0v) is 11.4. The molecule has 1 atom stereocenters. The van der Waals surface area contributed by atoms with Gasteiger partial charge in [-0.1, -0.05) is 13.8 Å². The lowest BCUT2D eigenvalue weighted by atomic mass is 10.1. The lowest BCUT2D eigenvalue weighted by Crippen LogP contribution is -2.54. The molecule has 0 bridgehead atoms. The van der Waals surface area contributed by atoms with E-state index in [-0.39, 0.29) is 23.5 Å². The van der Waals surface area contributed by atoms with Crippen LogP contribution in [-0.2, 0) is 14.6 Å². The third-order valence-corrected chi connectivity index (χ3v) is 4.90. The van der Waals surface area contributed by atoms with Crippen molar-refractivity contribution in [3.05, 3.63) is 0 Å². The molecule has 0 radical (unpaired) electrons. The van der Waals surface area contributed by atoms with Gasteiger partial charge in [0.1, 0.15) is 9.84 Å². The SMILES string of the molecule is CCC1NCCN(CCCS(=O)(=O)CC)C1=O. The van der Waals surface area contributed by atoms with Crippen molar-refractivity contribution in [2.45, 2.75) is 32.7 Å². The molecule has 0 aromatic rings. The predicted octanol–water partition coefficient (Wildman–Crippen LogP) is 0.0216. The normalized spacial score (nSPS) is 21.9. The fourth-order valence-electron chi connectivity index (χ4n) is 1.95. The van der Waals surface area contributed by atoms with E-state index in [1.54, 1.807) is 11.8 Å². The highest BCUT2D eigenvalue weighted by Gasteiger charge is 2.26. The van der Waals surface area contributed by atoms with Crippen LogP contribution in [-0.4, -0.2) is 56.4 Å². The molecule has 0 aromatic carbocycles. The molecule has 1 aliphatic rings. The van der Waals surface area contributed by atoms with E-state index in [1.165, 1.54) is 0 Å². The molecule has 1 saturated heterocycles. The maximum Gasteiger partial charge on any atom is 0.239 e. The van der Waals surface area contributed by atoms with Gasteiger partial charge in [-0.25, -0.2) is 8.42 Å². The van der Waals surface area contributed by atoms with E-state index in [1.807, 2.05) is 6.92 Å². The molecule has 1 amide bonds. The van der Waals surface area contributed by atoms with E-state index >= 15 is 0 Å². The molecular formula is C11H22N2O3S. The van der Waals surface area contributed by atoms with Crippen LogP contribution in [0.5, 0.6) is 0 Å². The van der Waals surface area contributed by atoms with E-state index in [9.17, 15) is 13.2 Å². The fraction of sp³-hybridized carbons (Fsp3) is 0.909. The summed E-state index contributed by atoms with van der Waals surface area (Å²) in [7, 11) is -2.91. The van der Waals surface area contributed by atoms with Gasteiger partial charge in [-0.05, 0) is 12.8 Å². The van der Waals surface area contributed by atoms with Crippen LogP contribution in [0, 0.1) is 0 Å². The van der Waals surface area contributed by atoms with E-state index in [4.69, 9.17) is 0 Å². The van der Waals surface area contributed by atoms with Crippen molar-refractivity contribution >= 4 is 15.7 Å². The highest BCUT2D eigenvalue weighted by atomic mass is 32.2.